The van der Waals surface area contributed by atoms with Crippen LogP contribution in [0.25, 0.3) is 0 Å². The quantitative estimate of drug-likeness (QED) is 0.907. The molecule has 0 aromatic carbocycles. The molecule has 4 nitrogen and oxygen atoms in total. The highest BCUT2D eigenvalue weighted by atomic mass is 32.2. The molecule has 0 aliphatic carbocycles. The Morgan fingerprint density at radius 3 is 2.65 bits per heavy atom. The zero-order valence-corrected chi connectivity index (χ0v) is 10.9. The maximum atomic E-state index is 9.37. The largest absolute Gasteiger partial charge is 0.387 e. The first kappa shape index (κ1) is 12.1. The van der Waals surface area contributed by atoms with Gasteiger partial charge in [-0.25, -0.2) is 0 Å². The Labute approximate surface area is 105 Å². The van der Waals surface area contributed by atoms with Gasteiger partial charge in [-0.1, -0.05) is 11.8 Å². The maximum Gasteiger partial charge on any atom is 0.0987 e. The van der Waals surface area contributed by atoms with Crippen molar-refractivity contribution in [2.24, 2.45) is 7.05 Å². The van der Waals surface area contributed by atoms with Gasteiger partial charge in [-0.05, 0) is 32.0 Å². The minimum Gasteiger partial charge on any atom is -0.387 e. The first-order valence-corrected chi connectivity index (χ1v) is 6.20. The molecule has 0 amide bonds. The Kier molecular flexibility index (Phi) is 3.49. The SMILES string of the molecule is Cc1cc(Sc2ccc([C@H](C)O)nc2)n(C)n1. The third-order valence-corrected chi connectivity index (χ3v) is 3.44. The van der Waals surface area contributed by atoms with Gasteiger partial charge in [0.2, 0.25) is 0 Å². The van der Waals surface area contributed by atoms with Crippen LogP contribution in [0.3, 0.4) is 0 Å². The molecule has 0 fully saturated rings. The highest BCUT2D eigenvalue weighted by molar-refractivity contribution is 7.99. The first-order chi connectivity index (χ1) is 8.06. The molecule has 0 unspecified atom stereocenters. The second kappa shape index (κ2) is 4.89. The van der Waals surface area contributed by atoms with Crippen molar-refractivity contribution >= 4 is 11.8 Å². The summed E-state index contributed by atoms with van der Waals surface area (Å²) < 4.78 is 1.85. The fourth-order valence-corrected chi connectivity index (χ4v) is 2.39. The van der Waals surface area contributed by atoms with Gasteiger partial charge in [0, 0.05) is 18.1 Å². The van der Waals surface area contributed by atoms with E-state index in [0.717, 1.165) is 15.6 Å². The van der Waals surface area contributed by atoms with Crippen LogP contribution in [0.1, 0.15) is 24.4 Å². The zero-order valence-electron chi connectivity index (χ0n) is 10.1. The highest BCUT2D eigenvalue weighted by Gasteiger charge is 2.06. The molecule has 0 saturated carbocycles. The molecule has 2 rings (SSSR count). The first-order valence-electron chi connectivity index (χ1n) is 5.39. The van der Waals surface area contributed by atoms with Gasteiger partial charge in [0.1, 0.15) is 0 Å². The zero-order chi connectivity index (χ0) is 12.4. The molecular weight excluding hydrogens is 234 g/mol. The van der Waals surface area contributed by atoms with Crippen molar-refractivity contribution in [1.29, 1.82) is 0 Å². The third kappa shape index (κ3) is 2.87. The van der Waals surface area contributed by atoms with Gasteiger partial charge >= 0.3 is 0 Å². The van der Waals surface area contributed by atoms with E-state index >= 15 is 0 Å². The number of aromatic nitrogens is 3. The average molecular weight is 249 g/mol. The van der Waals surface area contributed by atoms with E-state index in [2.05, 4.69) is 10.1 Å². The summed E-state index contributed by atoms with van der Waals surface area (Å²) in [4.78, 5) is 5.25. The van der Waals surface area contributed by atoms with Crippen LogP contribution >= 0.6 is 11.8 Å². The topological polar surface area (TPSA) is 50.9 Å². The van der Waals surface area contributed by atoms with Gasteiger partial charge < -0.3 is 5.11 Å². The van der Waals surface area contributed by atoms with Gasteiger partial charge in [-0.3, -0.25) is 9.67 Å². The average Bonchev–Trinajstić information content (AvgIpc) is 2.58. The molecule has 2 aromatic heterocycles. The molecule has 0 bridgehead atoms. The molecule has 1 atom stereocenters. The van der Waals surface area contributed by atoms with Crippen LogP contribution in [0.4, 0.5) is 0 Å². The Morgan fingerprint density at radius 1 is 1.41 bits per heavy atom. The van der Waals surface area contributed by atoms with Crippen molar-refractivity contribution < 1.29 is 5.11 Å². The number of pyridine rings is 1. The monoisotopic (exact) mass is 249 g/mol. The lowest BCUT2D eigenvalue weighted by Gasteiger charge is -2.05. The van der Waals surface area contributed by atoms with E-state index in [4.69, 9.17) is 0 Å². The second-order valence-electron chi connectivity index (χ2n) is 3.94. The fraction of sp³-hybridized carbons (Fsp3) is 0.333. The highest BCUT2D eigenvalue weighted by Crippen LogP contribution is 2.27. The standard InChI is InChI=1S/C12H15N3OS/c1-8-6-12(15(3)14-8)17-10-4-5-11(9(2)16)13-7-10/h4-7,9,16H,1-3H3/t9-/m0/s1. The van der Waals surface area contributed by atoms with Crippen LogP contribution in [0, 0.1) is 6.92 Å². The van der Waals surface area contributed by atoms with E-state index in [1.807, 2.05) is 36.9 Å². The smallest absolute Gasteiger partial charge is 0.0987 e. The van der Waals surface area contributed by atoms with Gasteiger partial charge in [-0.15, -0.1) is 0 Å². The summed E-state index contributed by atoms with van der Waals surface area (Å²) in [5, 5.41) is 14.7. The molecule has 2 heterocycles. The van der Waals surface area contributed by atoms with Crippen molar-refractivity contribution in [3.8, 4) is 0 Å². The van der Waals surface area contributed by atoms with E-state index in [0.29, 0.717) is 5.69 Å². The van der Waals surface area contributed by atoms with Gasteiger partial charge in [-0.2, -0.15) is 5.10 Å². The van der Waals surface area contributed by atoms with Gasteiger partial charge in [0.25, 0.3) is 0 Å². The molecule has 0 spiro atoms. The lowest BCUT2D eigenvalue weighted by Crippen LogP contribution is -1.95. The molecule has 0 aliphatic rings. The van der Waals surface area contributed by atoms with Crippen LogP contribution in [-0.2, 0) is 7.05 Å². The van der Waals surface area contributed by atoms with Crippen molar-refractivity contribution in [3.63, 3.8) is 0 Å². The minimum atomic E-state index is -0.520. The molecule has 2 aromatic rings. The fourth-order valence-electron chi connectivity index (χ4n) is 1.50. The van der Waals surface area contributed by atoms with E-state index in [1.54, 1.807) is 24.9 Å². The summed E-state index contributed by atoms with van der Waals surface area (Å²) in [5.74, 6) is 0. The maximum absolute atomic E-state index is 9.37. The van der Waals surface area contributed by atoms with Crippen LogP contribution in [0.5, 0.6) is 0 Å². The van der Waals surface area contributed by atoms with Crippen molar-refractivity contribution in [1.82, 2.24) is 14.8 Å². The van der Waals surface area contributed by atoms with Crippen molar-refractivity contribution in [2.45, 2.75) is 29.9 Å². The summed E-state index contributed by atoms with van der Waals surface area (Å²) in [7, 11) is 1.92. The number of hydrogen-bond donors (Lipinski definition) is 1. The Balaban J connectivity index is 2.16. The molecule has 5 heteroatoms. The number of aliphatic hydroxyl groups excluding tert-OH is 1. The summed E-state index contributed by atoms with van der Waals surface area (Å²) >= 11 is 1.61. The van der Waals surface area contributed by atoms with E-state index in [-0.39, 0.29) is 0 Å². The Bertz CT molecular complexity index is 505. The van der Waals surface area contributed by atoms with E-state index in [1.165, 1.54) is 0 Å². The number of rotatable bonds is 3. The predicted molar refractivity (Wildman–Crippen MR) is 66.9 cm³/mol. The number of nitrogens with zero attached hydrogens (tertiary/aromatic N) is 3. The van der Waals surface area contributed by atoms with Crippen LogP contribution < -0.4 is 0 Å². The Morgan fingerprint density at radius 2 is 2.18 bits per heavy atom. The lowest BCUT2D eigenvalue weighted by atomic mass is 10.2. The molecule has 0 radical (unpaired) electrons. The molecule has 0 aliphatic heterocycles. The summed E-state index contributed by atoms with van der Waals surface area (Å²) in [6, 6.07) is 5.84. The number of hydrogen-bond acceptors (Lipinski definition) is 4. The minimum absolute atomic E-state index is 0.520. The lowest BCUT2D eigenvalue weighted by molar-refractivity contribution is 0.194. The summed E-state index contributed by atoms with van der Waals surface area (Å²) in [5.41, 5.74) is 1.69. The second-order valence-corrected chi connectivity index (χ2v) is 5.04. The summed E-state index contributed by atoms with van der Waals surface area (Å²) in [6.45, 7) is 3.68. The molecule has 1 N–H and O–H groups in total. The predicted octanol–water partition coefficient (Wildman–Crippen LogP) is 2.33. The van der Waals surface area contributed by atoms with Crippen molar-refractivity contribution in [2.75, 3.05) is 0 Å². The van der Waals surface area contributed by atoms with E-state index < -0.39 is 6.10 Å². The molecule has 17 heavy (non-hydrogen) atoms. The number of aryl methyl sites for hydroxylation is 2. The molecule has 0 saturated heterocycles. The molecule has 90 valence electrons. The third-order valence-electron chi connectivity index (χ3n) is 2.37. The van der Waals surface area contributed by atoms with Crippen LogP contribution in [0.15, 0.2) is 34.3 Å². The molecular formula is C12H15N3OS. The number of aliphatic hydroxyl groups is 1. The Hall–Kier alpha value is -1.33. The van der Waals surface area contributed by atoms with Crippen molar-refractivity contribution in [3.05, 3.63) is 35.8 Å². The summed E-state index contributed by atoms with van der Waals surface area (Å²) in [6.07, 6.45) is 1.25. The van der Waals surface area contributed by atoms with Crippen LogP contribution in [-0.4, -0.2) is 19.9 Å². The van der Waals surface area contributed by atoms with Gasteiger partial charge in [0.15, 0.2) is 0 Å². The normalized spacial score (nSPS) is 12.7. The van der Waals surface area contributed by atoms with Gasteiger partial charge in [0.05, 0.1) is 22.5 Å². The van der Waals surface area contributed by atoms with Crippen LogP contribution in [0.2, 0.25) is 0 Å². The van der Waals surface area contributed by atoms with E-state index in [9.17, 15) is 5.11 Å².